The Balaban J connectivity index is 4.14. The Bertz CT molecular complexity index is 91.6. The van der Waals surface area contributed by atoms with Crippen LogP contribution in [0.15, 0.2) is 0 Å². The molecule has 0 aliphatic heterocycles. The van der Waals surface area contributed by atoms with E-state index in [1.54, 1.807) is 0 Å². The zero-order chi connectivity index (χ0) is 7.71. The number of hydrogen-bond acceptors (Lipinski definition) is 0. The van der Waals surface area contributed by atoms with E-state index >= 15 is 0 Å². The van der Waals surface area contributed by atoms with E-state index in [0.717, 1.165) is 6.92 Å². The number of hydrogen-bond donors (Lipinski definition) is 0. The minimum Gasteiger partial charge on any atom is -0.200 e. The molecule has 9 heavy (non-hydrogen) atoms. The predicted octanol–water partition coefficient (Wildman–Crippen LogP) is 2.50. The molecule has 0 N–H and O–H groups in total. The molecule has 0 aliphatic rings. The third kappa shape index (κ3) is 1.84. The Morgan fingerprint density at radius 2 is 1.56 bits per heavy atom. The fourth-order valence-electron chi connectivity index (χ4n) is 0.259. The highest BCUT2D eigenvalue weighted by molar-refractivity contribution is 4.85. The van der Waals surface area contributed by atoms with Crippen LogP contribution in [-0.4, -0.2) is 11.8 Å². The zero-order valence-electron chi connectivity index (χ0n) is 4.93. The largest absolute Gasteiger partial charge is 0.310 e. The van der Waals surface area contributed by atoms with Crippen molar-refractivity contribution in [3.8, 4) is 0 Å². The molecule has 0 spiro atoms. The van der Waals surface area contributed by atoms with E-state index < -0.39 is 18.3 Å². The van der Waals surface area contributed by atoms with Gasteiger partial charge in [0, 0.05) is 13.3 Å². The first-order chi connectivity index (χ1) is 3.81. The molecule has 0 saturated carbocycles. The maximum absolute atomic E-state index is 11.8. The van der Waals surface area contributed by atoms with Gasteiger partial charge in [-0.05, 0) is 0 Å². The molecule has 0 nitrogen and oxygen atoms in total. The third-order valence-corrected chi connectivity index (χ3v) is 0.979. The van der Waals surface area contributed by atoms with Gasteiger partial charge < -0.3 is 0 Å². The summed E-state index contributed by atoms with van der Waals surface area (Å²) >= 11 is 0. The third-order valence-electron chi connectivity index (χ3n) is 0.979. The molecule has 55 valence electrons. The van der Waals surface area contributed by atoms with Gasteiger partial charge in [-0.25, -0.2) is 0 Å². The van der Waals surface area contributed by atoms with Crippen molar-refractivity contribution in [3.63, 3.8) is 0 Å². The molecule has 0 bridgehead atoms. The second-order valence-electron chi connectivity index (χ2n) is 1.76. The van der Waals surface area contributed by atoms with Gasteiger partial charge in [0.25, 0.3) is 0 Å². The minimum atomic E-state index is -4.14. The molecule has 0 aromatic rings. The molecular formula is C5H7F4. The summed E-state index contributed by atoms with van der Waals surface area (Å²) in [5.74, 6) is -8.10. The Morgan fingerprint density at radius 3 is 1.56 bits per heavy atom. The van der Waals surface area contributed by atoms with Gasteiger partial charge in [0.15, 0.2) is 0 Å². The molecule has 4 heteroatoms. The van der Waals surface area contributed by atoms with Gasteiger partial charge in [-0.15, -0.1) is 0 Å². The summed E-state index contributed by atoms with van der Waals surface area (Å²) in [6.07, 6.45) is -0.885. The fourth-order valence-corrected chi connectivity index (χ4v) is 0.259. The van der Waals surface area contributed by atoms with Gasteiger partial charge in [0.05, 0.1) is 0 Å². The summed E-state index contributed by atoms with van der Waals surface area (Å²) in [7, 11) is 0. The lowest BCUT2D eigenvalue weighted by Gasteiger charge is -2.20. The molecule has 0 aliphatic carbocycles. The molecule has 0 heterocycles. The summed E-state index contributed by atoms with van der Waals surface area (Å²) in [6, 6.07) is 0. The molecule has 0 fully saturated rings. The van der Waals surface area contributed by atoms with Crippen LogP contribution in [0, 0.1) is 6.92 Å². The SMILES string of the molecule is [CH2]C(F)(F)C(F)(F)CC. The molecule has 0 aromatic carbocycles. The van der Waals surface area contributed by atoms with Gasteiger partial charge in [0.1, 0.15) is 0 Å². The highest BCUT2D eigenvalue weighted by Gasteiger charge is 2.50. The number of alkyl halides is 4. The summed E-state index contributed by atoms with van der Waals surface area (Å²) in [6.45, 7) is 3.01. The summed E-state index contributed by atoms with van der Waals surface area (Å²) in [4.78, 5) is 0. The summed E-state index contributed by atoms with van der Waals surface area (Å²) in [5.41, 5.74) is 0. The lowest BCUT2D eigenvalue weighted by molar-refractivity contribution is -0.182. The highest BCUT2D eigenvalue weighted by Crippen LogP contribution is 2.35. The van der Waals surface area contributed by atoms with Crippen LogP contribution in [0.25, 0.3) is 0 Å². The second-order valence-corrected chi connectivity index (χ2v) is 1.76. The predicted molar refractivity (Wildman–Crippen MR) is 25.5 cm³/mol. The monoisotopic (exact) mass is 143 g/mol. The van der Waals surface area contributed by atoms with Crippen molar-refractivity contribution >= 4 is 0 Å². The smallest absolute Gasteiger partial charge is 0.200 e. The highest BCUT2D eigenvalue weighted by atomic mass is 19.3. The van der Waals surface area contributed by atoms with Gasteiger partial charge in [-0.2, -0.15) is 17.6 Å². The molecule has 0 saturated heterocycles. The van der Waals surface area contributed by atoms with Crippen LogP contribution in [0.5, 0.6) is 0 Å². The standard InChI is InChI=1S/C5H7F4/c1-3-5(8,9)4(2,6)7/h2-3H2,1H3. The molecule has 0 rings (SSSR count). The van der Waals surface area contributed by atoms with E-state index in [9.17, 15) is 17.6 Å². The maximum Gasteiger partial charge on any atom is 0.310 e. The van der Waals surface area contributed by atoms with E-state index in [-0.39, 0.29) is 0 Å². The fraction of sp³-hybridized carbons (Fsp3) is 0.800. The van der Waals surface area contributed by atoms with Crippen molar-refractivity contribution in [2.45, 2.75) is 25.2 Å². The summed E-state index contributed by atoms with van der Waals surface area (Å²) in [5, 5.41) is 0. The normalized spacial score (nSPS) is 14.0. The first-order valence-electron chi connectivity index (χ1n) is 2.42. The van der Waals surface area contributed by atoms with Gasteiger partial charge in [-0.1, -0.05) is 6.92 Å². The number of rotatable bonds is 2. The summed E-state index contributed by atoms with van der Waals surface area (Å²) < 4.78 is 47.0. The average Bonchev–Trinajstić information content (AvgIpc) is 1.64. The average molecular weight is 143 g/mol. The van der Waals surface area contributed by atoms with Crippen molar-refractivity contribution in [3.05, 3.63) is 6.92 Å². The van der Waals surface area contributed by atoms with E-state index in [4.69, 9.17) is 0 Å². The van der Waals surface area contributed by atoms with Gasteiger partial charge in [0.2, 0.25) is 0 Å². The van der Waals surface area contributed by atoms with Crippen LogP contribution in [0.4, 0.5) is 17.6 Å². The molecule has 0 aromatic heterocycles. The topological polar surface area (TPSA) is 0 Å². The number of halogens is 4. The van der Waals surface area contributed by atoms with Crippen LogP contribution >= 0.6 is 0 Å². The molecule has 0 atom stereocenters. The van der Waals surface area contributed by atoms with Gasteiger partial charge >= 0.3 is 11.8 Å². The van der Waals surface area contributed by atoms with Crippen LogP contribution in [-0.2, 0) is 0 Å². The first-order valence-corrected chi connectivity index (χ1v) is 2.42. The van der Waals surface area contributed by atoms with Gasteiger partial charge in [-0.3, -0.25) is 0 Å². The second kappa shape index (κ2) is 2.15. The van der Waals surface area contributed by atoms with Crippen molar-refractivity contribution in [1.29, 1.82) is 0 Å². The van der Waals surface area contributed by atoms with Crippen LogP contribution in [0.3, 0.4) is 0 Å². The van der Waals surface area contributed by atoms with Crippen molar-refractivity contribution in [1.82, 2.24) is 0 Å². The van der Waals surface area contributed by atoms with Crippen molar-refractivity contribution < 1.29 is 17.6 Å². The Kier molecular flexibility index (Phi) is 2.09. The Morgan fingerprint density at radius 1 is 1.22 bits per heavy atom. The van der Waals surface area contributed by atoms with Crippen molar-refractivity contribution in [2.24, 2.45) is 0 Å². The minimum absolute atomic E-state index is 0.885. The molecular weight excluding hydrogens is 136 g/mol. The van der Waals surface area contributed by atoms with E-state index in [1.807, 2.05) is 6.92 Å². The Labute approximate surface area is 50.9 Å². The molecule has 0 unspecified atom stereocenters. The van der Waals surface area contributed by atoms with Crippen molar-refractivity contribution in [2.75, 3.05) is 0 Å². The lowest BCUT2D eigenvalue weighted by atomic mass is 10.1. The van der Waals surface area contributed by atoms with E-state index in [2.05, 4.69) is 0 Å². The van der Waals surface area contributed by atoms with Crippen LogP contribution in [0.1, 0.15) is 13.3 Å². The quantitative estimate of drug-likeness (QED) is 0.521. The van der Waals surface area contributed by atoms with Crippen LogP contribution < -0.4 is 0 Å². The van der Waals surface area contributed by atoms with E-state index in [1.165, 1.54) is 0 Å². The van der Waals surface area contributed by atoms with Crippen LogP contribution in [0.2, 0.25) is 0 Å². The Hall–Kier alpha value is -0.280. The molecule has 0 amide bonds. The lowest BCUT2D eigenvalue weighted by Crippen LogP contribution is -2.36. The zero-order valence-corrected chi connectivity index (χ0v) is 4.93. The van der Waals surface area contributed by atoms with E-state index in [0.29, 0.717) is 0 Å². The maximum atomic E-state index is 11.8. The molecule has 1 radical (unpaired) electrons. The first kappa shape index (κ1) is 8.72.